The molecule has 1 aliphatic heterocycles. The van der Waals surface area contributed by atoms with Crippen molar-refractivity contribution < 1.29 is 0 Å². The summed E-state index contributed by atoms with van der Waals surface area (Å²) in [6.45, 7) is 4.24. The summed E-state index contributed by atoms with van der Waals surface area (Å²) < 4.78 is 2.48. The summed E-state index contributed by atoms with van der Waals surface area (Å²) in [5, 5.41) is 12.6. The molecule has 1 atom stereocenters. The highest BCUT2D eigenvalue weighted by Gasteiger charge is 2.36. The minimum absolute atomic E-state index is 0.683. The third-order valence-electron chi connectivity index (χ3n) is 5.62. The Hall–Kier alpha value is -1.95. The Morgan fingerprint density at radius 3 is 2.76 bits per heavy atom. The summed E-state index contributed by atoms with van der Waals surface area (Å²) in [6.07, 6.45) is 8.30. The van der Waals surface area contributed by atoms with E-state index in [0.29, 0.717) is 17.9 Å². The molecule has 3 fully saturated rings. The molecule has 2 aromatic heterocycles. The number of likely N-dealkylation sites (tertiary alicyclic amines) is 1. The third kappa shape index (κ3) is 3.40. The van der Waals surface area contributed by atoms with Crippen molar-refractivity contribution in [1.82, 2.24) is 24.6 Å². The predicted octanol–water partition coefficient (Wildman–Crippen LogP) is 2.82. The maximum Gasteiger partial charge on any atom is 0.147 e. The maximum absolute atomic E-state index is 4.57. The van der Waals surface area contributed by atoms with Gasteiger partial charge in [0.25, 0.3) is 0 Å². The molecule has 1 N–H and O–H groups in total. The first-order chi connectivity index (χ1) is 12.4. The molecule has 2 aliphatic carbocycles. The lowest BCUT2D eigenvalue weighted by molar-refractivity contribution is 0.304. The number of hydrogen-bond acceptors (Lipinski definition) is 5. The van der Waals surface area contributed by atoms with Gasteiger partial charge in [0.1, 0.15) is 17.5 Å². The maximum atomic E-state index is 4.57. The summed E-state index contributed by atoms with van der Waals surface area (Å²) in [5.74, 6) is 4.81. The van der Waals surface area contributed by atoms with E-state index in [1.54, 1.807) is 0 Å². The van der Waals surface area contributed by atoms with Gasteiger partial charge in [0.15, 0.2) is 0 Å². The summed E-state index contributed by atoms with van der Waals surface area (Å²) in [6, 6.07) is 6.70. The van der Waals surface area contributed by atoms with Crippen LogP contribution in [0.3, 0.4) is 0 Å². The second kappa shape index (κ2) is 6.41. The Kier molecular flexibility index (Phi) is 3.93. The Labute approximate surface area is 148 Å². The molecule has 6 heteroatoms. The van der Waals surface area contributed by atoms with Crippen molar-refractivity contribution in [3.8, 4) is 0 Å². The fraction of sp³-hybridized carbons (Fsp3) is 0.632. The summed E-state index contributed by atoms with van der Waals surface area (Å²) in [4.78, 5) is 6.89. The van der Waals surface area contributed by atoms with Crippen molar-refractivity contribution in [1.29, 1.82) is 0 Å². The SMILES string of the molecule is c1ccc(NC[C@@H]2CCN(Cc3nnc(C4CC4)n3C3CC3)C2)nc1. The molecule has 2 saturated carbocycles. The van der Waals surface area contributed by atoms with Crippen LogP contribution in [0, 0.1) is 5.92 Å². The van der Waals surface area contributed by atoms with E-state index in [1.165, 1.54) is 43.8 Å². The van der Waals surface area contributed by atoms with Crippen LogP contribution in [-0.4, -0.2) is 44.3 Å². The molecule has 25 heavy (non-hydrogen) atoms. The Balaban J connectivity index is 1.19. The normalized spacial score (nSPS) is 23.9. The van der Waals surface area contributed by atoms with E-state index in [9.17, 15) is 0 Å². The fourth-order valence-corrected chi connectivity index (χ4v) is 3.94. The van der Waals surface area contributed by atoms with Gasteiger partial charge in [-0.15, -0.1) is 10.2 Å². The monoisotopic (exact) mass is 338 g/mol. The van der Waals surface area contributed by atoms with Gasteiger partial charge >= 0.3 is 0 Å². The van der Waals surface area contributed by atoms with Crippen molar-refractivity contribution in [3.05, 3.63) is 36.0 Å². The van der Waals surface area contributed by atoms with Gasteiger partial charge in [-0.25, -0.2) is 4.98 Å². The van der Waals surface area contributed by atoms with E-state index in [2.05, 4.69) is 30.0 Å². The van der Waals surface area contributed by atoms with Crippen LogP contribution in [0.5, 0.6) is 0 Å². The molecular weight excluding hydrogens is 312 g/mol. The van der Waals surface area contributed by atoms with Crippen LogP contribution < -0.4 is 5.32 Å². The Morgan fingerprint density at radius 2 is 2.00 bits per heavy atom. The zero-order valence-electron chi connectivity index (χ0n) is 14.6. The Morgan fingerprint density at radius 1 is 1.08 bits per heavy atom. The van der Waals surface area contributed by atoms with E-state index in [-0.39, 0.29) is 0 Å². The first kappa shape index (κ1) is 15.3. The van der Waals surface area contributed by atoms with Gasteiger partial charge in [0, 0.05) is 31.2 Å². The molecule has 6 nitrogen and oxygen atoms in total. The average molecular weight is 338 g/mol. The molecule has 5 rings (SSSR count). The molecular formula is C19H26N6. The van der Waals surface area contributed by atoms with E-state index in [1.807, 2.05) is 24.4 Å². The largest absolute Gasteiger partial charge is 0.370 e. The molecule has 132 valence electrons. The quantitative estimate of drug-likeness (QED) is 0.841. The zero-order valence-corrected chi connectivity index (χ0v) is 14.6. The van der Waals surface area contributed by atoms with Crippen LogP contribution in [0.4, 0.5) is 5.82 Å². The van der Waals surface area contributed by atoms with Crippen molar-refractivity contribution >= 4 is 5.82 Å². The first-order valence-corrected chi connectivity index (χ1v) is 9.68. The number of anilines is 1. The highest BCUT2D eigenvalue weighted by molar-refractivity contribution is 5.33. The zero-order chi connectivity index (χ0) is 16.6. The molecule has 3 aliphatic rings. The number of hydrogen-bond donors (Lipinski definition) is 1. The molecule has 3 heterocycles. The van der Waals surface area contributed by atoms with Gasteiger partial charge in [-0.2, -0.15) is 0 Å². The lowest BCUT2D eigenvalue weighted by Gasteiger charge is -2.17. The molecule has 0 spiro atoms. The molecule has 2 aromatic rings. The highest BCUT2D eigenvalue weighted by Crippen LogP contribution is 2.44. The number of pyridine rings is 1. The van der Waals surface area contributed by atoms with Crippen LogP contribution in [0.15, 0.2) is 24.4 Å². The summed E-state index contributed by atoms with van der Waals surface area (Å²) >= 11 is 0. The fourth-order valence-electron chi connectivity index (χ4n) is 3.94. The minimum atomic E-state index is 0.683. The number of nitrogens with one attached hydrogen (secondary N) is 1. The van der Waals surface area contributed by atoms with E-state index < -0.39 is 0 Å². The van der Waals surface area contributed by atoms with Crippen molar-refractivity contribution in [2.24, 2.45) is 5.92 Å². The van der Waals surface area contributed by atoms with E-state index >= 15 is 0 Å². The average Bonchev–Trinajstić information content (AvgIpc) is 3.57. The van der Waals surface area contributed by atoms with Gasteiger partial charge in [0.2, 0.25) is 0 Å². The first-order valence-electron chi connectivity index (χ1n) is 9.68. The second-order valence-corrected chi connectivity index (χ2v) is 7.84. The number of rotatable bonds is 7. The van der Waals surface area contributed by atoms with Gasteiger partial charge < -0.3 is 9.88 Å². The van der Waals surface area contributed by atoms with Crippen molar-refractivity contribution in [3.63, 3.8) is 0 Å². The van der Waals surface area contributed by atoms with E-state index in [4.69, 9.17) is 0 Å². The molecule has 0 amide bonds. The van der Waals surface area contributed by atoms with Gasteiger partial charge in [-0.1, -0.05) is 6.07 Å². The third-order valence-corrected chi connectivity index (χ3v) is 5.62. The molecule has 0 aromatic carbocycles. The van der Waals surface area contributed by atoms with E-state index in [0.717, 1.165) is 32.0 Å². The molecule has 0 bridgehead atoms. The minimum Gasteiger partial charge on any atom is -0.370 e. The molecule has 1 saturated heterocycles. The number of aromatic nitrogens is 4. The summed E-state index contributed by atoms with van der Waals surface area (Å²) in [7, 11) is 0. The van der Waals surface area contributed by atoms with Crippen LogP contribution in [0.2, 0.25) is 0 Å². The van der Waals surface area contributed by atoms with Crippen molar-refractivity contribution in [2.75, 3.05) is 25.0 Å². The smallest absolute Gasteiger partial charge is 0.147 e. The standard InChI is InChI=1S/C19H26N6/c1-2-9-20-17(3-1)21-11-14-8-10-24(12-14)13-18-22-23-19(15-4-5-15)25(18)16-6-7-16/h1-3,9,14-16H,4-8,10-13H2,(H,20,21)/t14-/m0/s1. The van der Waals surface area contributed by atoms with Crippen molar-refractivity contribution in [2.45, 2.75) is 50.6 Å². The molecule has 0 unspecified atom stereocenters. The lowest BCUT2D eigenvalue weighted by atomic mass is 10.1. The number of nitrogens with zero attached hydrogens (tertiary/aromatic N) is 5. The lowest BCUT2D eigenvalue weighted by Crippen LogP contribution is -2.24. The topological polar surface area (TPSA) is 58.9 Å². The van der Waals surface area contributed by atoms with Crippen LogP contribution in [0.25, 0.3) is 0 Å². The van der Waals surface area contributed by atoms with Gasteiger partial charge in [0.05, 0.1) is 6.54 Å². The van der Waals surface area contributed by atoms with Crippen LogP contribution in [-0.2, 0) is 6.54 Å². The Bertz CT molecular complexity index is 719. The van der Waals surface area contributed by atoms with Gasteiger partial charge in [-0.3, -0.25) is 4.90 Å². The predicted molar refractivity (Wildman–Crippen MR) is 96.4 cm³/mol. The van der Waals surface area contributed by atoms with Gasteiger partial charge in [-0.05, 0) is 56.7 Å². The van der Waals surface area contributed by atoms with Crippen LogP contribution in [0.1, 0.15) is 55.7 Å². The van der Waals surface area contributed by atoms with Crippen LogP contribution >= 0.6 is 0 Å². The molecule has 0 radical (unpaired) electrons. The second-order valence-electron chi connectivity index (χ2n) is 7.84. The summed E-state index contributed by atoms with van der Waals surface area (Å²) in [5.41, 5.74) is 0. The highest BCUT2D eigenvalue weighted by atomic mass is 15.3.